The van der Waals surface area contributed by atoms with Gasteiger partial charge >= 0.3 is 0 Å². The molecule has 11 aromatic rings. The molecule has 0 saturated heterocycles. The Labute approximate surface area is 310 Å². The van der Waals surface area contributed by atoms with Crippen LogP contribution < -0.4 is 0 Å². The molecule has 0 aliphatic carbocycles. The van der Waals surface area contributed by atoms with Gasteiger partial charge in [-0.1, -0.05) is 146 Å². The molecule has 0 fully saturated rings. The van der Waals surface area contributed by atoms with Gasteiger partial charge in [0.1, 0.15) is 0 Å². The highest BCUT2D eigenvalue weighted by molar-refractivity contribution is 7.26. The number of thiophene rings is 1. The maximum Gasteiger partial charge on any atom is 0.0971 e. The summed E-state index contributed by atoms with van der Waals surface area (Å²) in [5.74, 6) is 0. The van der Waals surface area contributed by atoms with Crippen molar-refractivity contribution in [2.24, 2.45) is 0 Å². The van der Waals surface area contributed by atoms with Crippen molar-refractivity contribution in [3.8, 4) is 44.5 Å². The normalized spacial score (nSPS) is 11.8. The predicted octanol–water partition coefficient (Wildman–Crippen LogP) is 14.1. The fourth-order valence-electron chi connectivity index (χ4n) is 8.32. The Bertz CT molecular complexity index is 3210. The lowest BCUT2D eigenvalue weighted by atomic mass is 9.90. The van der Waals surface area contributed by atoms with Crippen LogP contribution in [0.4, 0.5) is 0 Å². The summed E-state index contributed by atoms with van der Waals surface area (Å²) in [6.07, 6.45) is 3.58. The molecule has 3 heteroatoms. The lowest BCUT2D eigenvalue weighted by Gasteiger charge is -2.14. The third kappa shape index (κ3) is 4.78. The summed E-state index contributed by atoms with van der Waals surface area (Å²) in [5.41, 5.74) is 11.6. The summed E-state index contributed by atoms with van der Waals surface area (Å²) in [7, 11) is 0. The fourth-order valence-corrected chi connectivity index (χ4v) is 9.56. The van der Waals surface area contributed by atoms with Crippen molar-refractivity contribution in [3.05, 3.63) is 182 Å². The Balaban J connectivity index is 1.02. The molecule has 0 saturated carbocycles. The molecule has 0 aliphatic rings. The molecule has 0 unspecified atom stereocenters. The first-order chi connectivity index (χ1) is 26.3. The van der Waals surface area contributed by atoms with Crippen LogP contribution in [0.25, 0.3) is 108 Å². The van der Waals surface area contributed by atoms with Crippen molar-refractivity contribution in [3.63, 3.8) is 0 Å². The minimum atomic E-state index is 0.936. The van der Waals surface area contributed by atoms with Crippen molar-refractivity contribution in [1.82, 2.24) is 9.97 Å². The van der Waals surface area contributed by atoms with Crippen molar-refractivity contribution >= 4 is 74.9 Å². The van der Waals surface area contributed by atoms with Crippen LogP contribution in [0.15, 0.2) is 182 Å². The molecular formula is C50H30N2S. The summed E-state index contributed by atoms with van der Waals surface area (Å²) in [4.78, 5) is 9.56. The number of rotatable bonds is 4. The van der Waals surface area contributed by atoms with Gasteiger partial charge in [0, 0.05) is 43.3 Å². The van der Waals surface area contributed by atoms with Crippen LogP contribution in [0.3, 0.4) is 0 Å². The molecule has 246 valence electrons. The van der Waals surface area contributed by atoms with E-state index in [1.165, 1.54) is 80.7 Å². The molecule has 0 bridgehead atoms. The number of nitrogens with zero attached hydrogens (tertiary/aromatic N) is 2. The van der Waals surface area contributed by atoms with Gasteiger partial charge in [-0.3, -0.25) is 9.97 Å². The monoisotopic (exact) mass is 690 g/mol. The second-order valence-electron chi connectivity index (χ2n) is 13.7. The standard InChI is InChI=1S/C50H30N2S/c1-2-16-44-41(14-1)42-25-24-32(30-46(42)49-48(44)51-26-27-52-49)31-10-5-11-33(28-31)36-17-7-21-40-37(18-8-20-39(36)40)34-12-6-13-35(29-34)38-19-9-22-45-43-15-3-4-23-47(43)53-50(38)45/h1-30H. The Morgan fingerprint density at radius 3 is 1.53 bits per heavy atom. The second-order valence-corrected chi connectivity index (χ2v) is 14.8. The van der Waals surface area contributed by atoms with Crippen molar-refractivity contribution < 1.29 is 0 Å². The molecular weight excluding hydrogens is 661 g/mol. The highest BCUT2D eigenvalue weighted by atomic mass is 32.1. The van der Waals surface area contributed by atoms with Crippen molar-refractivity contribution in [2.45, 2.75) is 0 Å². The molecule has 0 spiro atoms. The number of fused-ring (bicyclic) bond motifs is 10. The fraction of sp³-hybridized carbons (Fsp3) is 0. The maximum absolute atomic E-state index is 4.81. The quantitative estimate of drug-likeness (QED) is 0.172. The minimum Gasteiger partial charge on any atom is -0.252 e. The van der Waals surface area contributed by atoms with E-state index in [0.29, 0.717) is 0 Å². The van der Waals surface area contributed by atoms with E-state index in [0.717, 1.165) is 27.4 Å². The van der Waals surface area contributed by atoms with Gasteiger partial charge in [0.05, 0.1) is 11.0 Å². The first kappa shape index (κ1) is 30.0. The highest BCUT2D eigenvalue weighted by Gasteiger charge is 2.15. The molecule has 0 aliphatic heterocycles. The van der Waals surface area contributed by atoms with E-state index in [2.05, 4.69) is 170 Å². The summed E-state index contributed by atoms with van der Waals surface area (Å²) in [6, 6.07) is 62.1. The van der Waals surface area contributed by atoms with Gasteiger partial charge in [0.25, 0.3) is 0 Å². The van der Waals surface area contributed by atoms with Crippen LogP contribution in [0.5, 0.6) is 0 Å². The lowest BCUT2D eigenvalue weighted by molar-refractivity contribution is 1.31. The van der Waals surface area contributed by atoms with E-state index >= 15 is 0 Å². The molecule has 0 radical (unpaired) electrons. The predicted molar refractivity (Wildman–Crippen MR) is 227 cm³/mol. The number of aromatic nitrogens is 2. The molecule has 0 N–H and O–H groups in total. The Morgan fingerprint density at radius 2 is 0.792 bits per heavy atom. The molecule has 2 aromatic heterocycles. The second kappa shape index (κ2) is 11.9. The van der Waals surface area contributed by atoms with Crippen molar-refractivity contribution in [1.29, 1.82) is 0 Å². The third-order valence-electron chi connectivity index (χ3n) is 10.8. The minimum absolute atomic E-state index is 0.936. The first-order valence-electron chi connectivity index (χ1n) is 18.0. The lowest BCUT2D eigenvalue weighted by Crippen LogP contribution is -1.89. The topological polar surface area (TPSA) is 25.8 Å². The summed E-state index contributed by atoms with van der Waals surface area (Å²) < 4.78 is 2.67. The maximum atomic E-state index is 4.81. The molecule has 2 nitrogen and oxygen atoms in total. The van der Waals surface area contributed by atoms with E-state index in [1.54, 1.807) is 12.4 Å². The highest BCUT2D eigenvalue weighted by Crippen LogP contribution is 2.42. The smallest absolute Gasteiger partial charge is 0.0971 e. The van der Waals surface area contributed by atoms with Crippen molar-refractivity contribution in [2.75, 3.05) is 0 Å². The average molecular weight is 691 g/mol. The van der Waals surface area contributed by atoms with Crippen LogP contribution in [-0.2, 0) is 0 Å². The van der Waals surface area contributed by atoms with Crippen LogP contribution in [0, 0.1) is 0 Å². The Morgan fingerprint density at radius 1 is 0.302 bits per heavy atom. The van der Waals surface area contributed by atoms with Gasteiger partial charge in [0.15, 0.2) is 0 Å². The summed E-state index contributed by atoms with van der Waals surface area (Å²) in [5, 5.41) is 9.78. The molecule has 9 aromatic carbocycles. The Hall–Kier alpha value is -6.68. The van der Waals surface area contributed by atoms with Gasteiger partial charge in [-0.25, -0.2) is 0 Å². The van der Waals surface area contributed by atoms with E-state index in [1.807, 2.05) is 11.3 Å². The zero-order chi connectivity index (χ0) is 34.9. The van der Waals surface area contributed by atoms with E-state index in [9.17, 15) is 0 Å². The van der Waals surface area contributed by atoms with E-state index < -0.39 is 0 Å². The van der Waals surface area contributed by atoms with Crippen LogP contribution in [0.2, 0.25) is 0 Å². The molecule has 53 heavy (non-hydrogen) atoms. The van der Waals surface area contributed by atoms with Gasteiger partial charge in [-0.2, -0.15) is 0 Å². The van der Waals surface area contributed by atoms with Crippen LogP contribution in [0.1, 0.15) is 0 Å². The summed E-state index contributed by atoms with van der Waals surface area (Å²) in [6.45, 7) is 0. The Kier molecular flexibility index (Phi) is 6.76. The first-order valence-corrected chi connectivity index (χ1v) is 18.8. The number of hydrogen-bond acceptors (Lipinski definition) is 3. The zero-order valence-electron chi connectivity index (χ0n) is 28.6. The third-order valence-corrected chi connectivity index (χ3v) is 12.0. The number of hydrogen-bond donors (Lipinski definition) is 0. The van der Waals surface area contributed by atoms with E-state index in [4.69, 9.17) is 9.97 Å². The zero-order valence-corrected chi connectivity index (χ0v) is 29.4. The largest absolute Gasteiger partial charge is 0.252 e. The van der Waals surface area contributed by atoms with Gasteiger partial charge in [-0.15, -0.1) is 11.3 Å². The average Bonchev–Trinajstić information content (AvgIpc) is 3.62. The molecule has 0 atom stereocenters. The number of benzene rings is 9. The molecule has 11 rings (SSSR count). The van der Waals surface area contributed by atoms with Crippen LogP contribution >= 0.6 is 11.3 Å². The molecule has 0 amide bonds. The van der Waals surface area contributed by atoms with Gasteiger partial charge in [0.2, 0.25) is 0 Å². The summed E-state index contributed by atoms with van der Waals surface area (Å²) >= 11 is 1.88. The van der Waals surface area contributed by atoms with Crippen LogP contribution in [-0.4, -0.2) is 9.97 Å². The SMILES string of the molecule is c1cc(-c2ccc3c4ccccc4c4nccnc4c3c2)cc(-c2cccc3c(-c4cccc(-c5cccc6c5sc5ccccc56)c4)cccc23)c1. The van der Waals surface area contributed by atoms with E-state index in [-0.39, 0.29) is 0 Å². The van der Waals surface area contributed by atoms with Gasteiger partial charge in [-0.05, 0) is 90.3 Å². The molecule has 2 heterocycles. The van der Waals surface area contributed by atoms with Gasteiger partial charge < -0.3 is 0 Å².